The third-order valence-corrected chi connectivity index (χ3v) is 3.55. The highest BCUT2D eigenvalue weighted by atomic mass is 16.5. The van der Waals surface area contributed by atoms with Gasteiger partial charge < -0.3 is 9.64 Å². The molecule has 0 saturated heterocycles. The highest BCUT2D eigenvalue weighted by Crippen LogP contribution is 2.15. The standard InChI is InChI=1S/C20H23NO/c1-16(15-18-9-13-20(22-4)14-10-18)5-6-17-7-11-19(12-8-17)21(2)3/h7-14,16H,15H2,1-4H3. The van der Waals surface area contributed by atoms with Crippen molar-refractivity contribution in [2.45, 2.75) is 13.3 Å². The lowest BCUT2D eigenvalue weighted by atomic mass is 10.0. The molecule has 0 spiro atoms. The van der Waals surface area contributed by atoms with Crippen LogP contribution in [0.5, 0.6) is 5.75 Å². The number of methoxy groups -OCH3 is 1. The average molecular weight is 293 g/mol. The van der Waals surface area contributed by atoms with Crippen LogP contribution < -0.4 is 9.64 Å². The molecule has 22 heavy (non-hydrogen) atoms. The third-order valence-electron chi connectivity index (χ3n) is 3.55. The zero-order valence-electron chi connectivity index (χ0n) is 13.8. The quantitative estimate of drug-likeness (QED) is 0.790. The van der Waals surface area contributed by atoms with E-state index in [-0.39, 0.29) is 0 Å². The van der Waals surface area contributed by atoms with Gasteiger partial charge in [-0.1, -0.05) is 30.9 Å². The zero-order valence-corrected chi connectivity index (χ0v) is 13.8. The summed E-state index contributed by atoms with van der Waals surface area (Å²) in [6, 6.07) is 16.5. The van der Waals surface area contributed by atoms with E-state index in [4.69, 9.17) is 4.74 Å². The van der Waals surface area contributed by atoms with E-state index in [0.29, 0.717) is 5.92 Å². The fraction of sp³-hybridized carbons (Fsp3) is 0.300. The first-order valence-electron chi connectivity index (χ1n) is 7.50. The van der Waals surface area contributed by atoms with Gasteiger partial charge in [0.25, 0.3) is 0 Å². The Bertz CT molecular complexity index is 645. The Hall–Kier alpha value is -2.40. The summed E-state index contributed by atoms with van der Waals surface area (Å²) >= 11 is 0. The summed E-state index contributed by atoms with van der Waals surface area (Å²) in [5.41, 5.74) is 3.54. The number of ether oxygens (including phenoxy) is 1. The van der Waals surface area contributed by atoms with Gasteiger partial charge in [-0.25, -0.2) is 0 Å². The number of nitrogens with zero attached hydrogens (tertiary/aromatic N) is 1. The second-order valence-corrected chi connectivity index (χ2v) is 5.66. The maximum absolute atomic E-state index is 5.17. The van der Waals surface area contributed by atoms with E-state index < -0.39 is 0 Å². The van der Waals surface area contributed by atoms with Crippen molar-refractivity contribution in [1.29, 1.82) is 0 Å². The molecule has 0 radical (unpaired) electrons. The van der Waals surface area contributed by atoms with Crippen molar-refractivity contribution in [3.05, 3.63) is 59.7 Å². The molecular formula is C20H23NO. The van der Waals surface area contributed by atoms with Crippen LogP contribution >= 0.6 is 0 Å². The Morgan fingerprint density at radius 3 is 2.18 bits per heavy atom. The lowest BCUT2D eigenvalue weighted by Crippen LogP contribution is -2.07. The molecule has 114 valence electrons. The van der Waals surface area contributed by atoms with Crippen molar-refractivity contribution in [1.82, 2.24) is 0 Å². The molecule has 0 saturated carbocycles. The number of rotatable bonds is 4. The third kappa shape index (κ3) is 4.56. The first-order valence-corrected chi connectivity index (χ1v) is 7.50. The molecule has 0 aliphatic carbocycles. The lowest BCUT2D eigenvalue weighted by molar-refractivity contribution is 0.414. The Kier molecular flexibility index (Phi) is 5.49. The topological polar surface area (TPSA) is 12.5 Å². The largest absolute Gasteiger partial charge is 0.497 e. The number of hydrogen-bond donors (Lipinski definition) is 0. The summed E-state index contributed by atoms with van der Waals surface area (Å²) in [6.45, 7) is 2.16. The van der Waals surface area contributed by atoms with E-state index in [0.717, 1.165) is 17.7 Å². The molecule has 2 aromatic carbocycles. The lowest BCUT2D eigenvalue weighted by Gasteiger charge is -2.11. The van der Waals surface area contributed by atoms with Crippen molar-refractivity contribution >= 4 is 5.69 Å². The second kappa shape index (κ2) is 7.56. The molecular weight excluding hydrogens is 270 g/mol. The minimum Gasteiger partial charge on any atom is -0.497 e. The van der Waals surface area contributed by atoms with Crippen LogP contribution in [-0.4, -0.2) is 21.2 Å². The van der Waals surface area contributed by atoms with E-state index >= 15 is 0 Å². The van der Waals surface area contributed by atoms with Crippen LogP contribution in [0.4, 0.5) is 5.69 Å². The van der Waals surface area contributed by atoms with Crippen LogP contribution in [0, 0.1) is 17.8 Å². The van der Waals surface area contributed by atoms with Gasteiger partial charge in [-0.2, -0.15) is 0 Å². The van der Waals surface area contributed by atoms with Gasteiger partial charge in [0.2, 0.25) is 0 Å². The minimum absolute atomic E-state index is 0.321. The molecule has 0 heterocycles. The molecule has 1 unspecified atom stereocenters. The molecule has 2 aromatic rings. The van der Waals surface area contributed by atoms with Crippen LogP contribution in [-0.2, 0) is 6.42 Å². The first-order chi connectivity index (χ1) is 10.6. The van der Waals surface area contributed by atoms with Crippen LogP contribution in [0.1, 0.15) is 18.1 Å². The van der Waals surface area contributed by atoms with Gasteiger partial charge in [0.1, 0.15) is 5.75 Å². The van der Waals surface area contributed by atoms with E-state index in [1.54, 1.807) is 7.11 Å². The molecule has 0 aromatic heterocycles. The summed E-state index contributed by atoms with van der Waals surface area (Å²) in [6.07, 6.45) is 0.951. The summed E-state index contributed by atoms with van der Waals surface area (Å²) < 4.78 is 5.17. The molecule has 0 bridgehead atoms. The zero-order chi connectivity index (χ0) is 15.9. The maximum Gasteiger partial charge on any atom is 0.118 e. The van der Waals surface area contributed by atoms with Crippen LogP contribution in [0.25, 0.3) is 0 Å². The Morgan fingerprint density at radius 2 is 1.64 bits per heavy atom. The SMILES string of the molecule is COc1ccc(CC(C)C#Cc2ccc(N(C)C)cc2)cc1. The monoisotopic (exact) mass is 293 g/mol. The van der Waals surface area contributed by atoms with E-state index in [9.17, 15) is 0 Å². The molecule has 0 aliphatic heterocycles. The maximum atomic E-state index is 5.17. The van der Waals surface area contributed by atoms with Crippen molar-refractivity contribution in [3.8, 4) is 17.6 Å². The predicted octanol–water partition coefficient (Wildman–Crippen LogP) is 3.99. The fourth-order valence-electron chi connectivity index (χ4n) is 2.22. The molecule has 2 nitrogen and oxygen atoms in total. The van der Waals surface area contributed by atoms with Crippen LogP contribution in [0.2, 0.25) is 0 Å². The Morgan fingerprint density at radius 1 is 1.00 bits per heavy atom. The smallest absolute Gasteiger partial charge is 0.118 e. The summed E-state index contributed by atoms with van der Waals surface area (Å²) in [7, 11) is 5.76. The summed E-state index contributed by atoms with van der Waals surface area (Å²) in [5.74, 6) is 7.80. The first kappa shape index (κ1) is 16.0. The summed E-state index contributed by atoms with van der Waals surface area (Å²) in [5, 5.41) is 0. The Balaban J connectivity index is 1.97. The van der Waals surface area contributed by atoms with E-state index in [1.807, 2.05) is 26.2 Å². The normalized spacial score (nSPS) is 11.3. The number of hydrogen-bond acceptors (Lipinski definition) is 2. The van der Waals surface area contributed by atoms with E-state index in [1.165, 1.54) is 11.3 Å². The molecule has 0 aliphatic rings. The highest BCUT2D eigenvalue weighted by Gasteiger charge is 2.01. The van der Waals surface area contributed by atoms with Gasteiger partial charge in [-0.3, -0.25) is 0 Å². The van der Waals surface area contributed by atoms with Crippen LogP contribution in [0.15, 0.2) is 48.5 Å². The van der Waals surface area contributed by atoms with Gasteiger partial charge in [-0.05, 0) is 48.4 Å². The predicted molar refractivity (Wildman–Crippen MR) is 93.5 cm³/mol. The molecule has 2 heteroatoms. The van der Waals surface area contributed by atoms with Crippen molar-refractivity contribution < 1.29 is 4.74 Å². The van der Waals surface area contributed by atoms with Crippen molar-refractivity contribution in [2.75, 3.05) is 26.1 Å². The average Bonchev–Trinajstić information content (AvgIpc) is 2.54. The second-order valence-electron chi connectivity index (χ2n) is 5.66. The van der Waals surface area contributed by atoms with Crippen molar-refractivity contribution in [3.63, 3.8) is 0 Å². The minimum atomic E-state index is 0.321. The number of anilines is 1. The fourth-order valence-corrected chi connectivity index (χ4v) is 2.22. The van der Waals surface area contributed by atoms with Crippen LogP contribution in [0.3, 0.4) is 0 Å². The molecule has 0 fully saturated rings. The van der Waals surface area contributed by atoms with Gasteiger partial charge in [0, 0.05) is 31.3 Å². The highest BCUT2D eigenvalue weighted by molar-refractivity contribution is 5.49. The van der Waals surface area contributed by atoms with Gasteiger partial charge in [-0.15, -0.1) is 0 Å². The molecule has 0 N–H and O–H groups in total. The Labute approximate surface area is 133 Å². The van der Waals surface area contributed by atoms with E-state index in [2.05, 4.69) is 60.1 Å². The van der Waals surface area contributed by atoms with Gasteiger partial charge in [0.05, 0.1) is 7.11 Å². The van der Waals surface area contributed by atoms with Gasteiger partial charge in [0.15, 0.2) is 0 Å². The molecule has 1 atom stereocenters. The molecule has 2 rings (SSSR count). The summed E-state index contributed by atoms with van der Waals surface area (Å²) in [4.78, 5) is 2.09. The van der Waals surface area contributed by atoms with Crippen molar-refractivity contribution in [2.24, 2.45) is 5.92 Å². The molecule has 0 amide bonds. The number of benzene rings is 2. The van der Waals surface area contributed by atoms with Gasteiger partial charge >= 0.3 is 0 Å².